The number of ether oxygens (including phenoxy) is 1. The molecule has 1 aromatic carbocycles. The van der Waals surface area contributed by atoms with Crippen LogP contribution in [0.4, 0.5) is 0 Å². The number of thiophene rings is 1. The summed E-state index contributed by atoms with van der Waals surface area (Å²) in [5, 5.41) is 4.10. The van der Waals surface area contributed by atoms with Gasteiger partial charge in [-0.05, 0) is 50.6 Å². The maximum absolute atomic E-state index is 6.16. The summed E-state index contributed by atoms with van der Waals surface area (Å²) in [5.74, 6) is 0.757. The zero-order valence-corrected chi connectivity index (χ0v) is 14.4. The van der Waals surface area contributed by atoms with Gasteiger partial charge in [0.1, 0.15) is 12.4 Å². The highest BCUT2D eigenvalue weighted by molar-refractivity contribution is 7.12. The summed E-state index contributed by atoms with van der Waals surface area (Å²) in [4.78, 5) is 2.67. The quantitative estimate of drug-likeness (QED) is 0.716. The lowest BCUT2D eigenvalue weighted by Crippen LogP contribution is -2.12. The van der Waals surface area contributed by atoms with E-state index < -0.39 is 0 Å². The molecule has 114 valence electrons. The van der Waals surface area contributed by atoms with Crippen molar-refractivity contribution in [3.8, 4) is 5.75 Å². The molecule has 1 N–H and O–H groups in total. The van der Waals surface area contributed by atoms with Crippen molar-refractivity contribution in [2.75, 3.05) is 6.54 Å². The van der Waals surface area contributed by atoms with Gasteiger partial charge in [0.2, 0.25) is 0 Å². The first-order valence-corrected chi connectivity index (χ1v) is 8.47. The highest BCUT2D eigenvalue weighted by Gasteiger charge is 2.08. The van der Waals surface area contributed by atoms with E-state index in [0.29, 0.717) is 11.6 Å². The summed E-state index contributed by atoms with van der Waals surface area (Å²) < 4.78 is 5.88. The first-order valence-electron chi connectivity index (χ1n) is 7.28. The maximum Gasteiger partial charge on any atom is 0.138 e. The molecule has 2 aromatic rings. The predicted molar refractivity (Wildman–Crippen MR) is 91.6 cm³/mol. The first-order chi connectivity index (χ1) is 10.1. The van der Waals surface area contributed by atoms with Gasteiger partial charge in [-0.3, -0.25) is 0 Å². The Balaban J connectivity index is 1.98. The molecule has 4 heteroatoms. The minimum atomic E-state index is 0.569. The lowest BCUT2D eigenvalue weighted by molar-refractivity contribution is 0.306. The summed E-state index contributed by atoms with van der Waals surface area (Å²) in [6, 6.07) is 8.08. The van der Waals surface area contributed by atoms with Gasteiger partial charge in [0, 0.05) is 21.9 Å². The van der Waals surface area contributed by atoms with E-state index in [-0.39, 0.29) is 0 Å². The summed E-state index contributed by atoms with van der Waals surface area (Å²) in [5.41, 5.74) is 2.40. The summed E-state index contributed by atoms with van der Waals surface area (Å²) in [6.45, 7) is 8.92. The van der Waals surface area contributed by atoms with Gasteiger partial charge in [0.15, 0.2) is 0 Å². The fourth-order valence-electron chi connectivity index (χ4n) is 2.08. The normalized spacial score (nSPS) is 10.9. The number of rotatable bonds is 7. The Morgan fingerprint density at radius 1 is 1.24 bits per heavy atom. The molecule has 2 nitrogen and oxygen atoms in total. The second kappa shape index (κ2) is 7.83. The largest absolute Gasteiger partial charge is 0.487 e. The van der Waals surface area contributed by atoms with Crippen molar-refractivity contribution < 1.29 is 4.74 Å². The van der Waals surface area contributed by atoms with Crippen LogP contribution in [0.1, 0.15) is 34.2 Å². The molecule has 0 aliphatic heterocycles. The third-order valence-electron chi connectivity index (χ3n) is 3.27. The van der Waals surface area contributed by atoms with Crippen molar-refractivity contribution in [1.82, 2.24) is 5.32 Å². The fourth-order valence-corrected chi connectivity index (χ4v) is 3.27. The second-order valence-corrected chi connectivity index (χ2v) is 6.94. The number of hydrogen-bond acceptors (Lipinski definition) is 3. The van der Waals surface area contributed by atoms with E-state index in [0.717, 1.165) is 30.8 Å². The van der Waals surface area contributed by atoms with Crippen LogP contribution in [-0.4, -0.2) is 6.54 Å². The van der Waals surface area contributed by atoms with Gasteiger partial charge in [-0.25, -0.2) is 0 Å². The second-order valence-electron chi connectivity index (χ2n) is 5.19. The first kappa shape index (κ1) is 16.3. The molecule has 0 atom stereocenters. The van der Waals surface area contributed by atoms with Crippen LogP contribution in [0.25, 0.3) is 0 Å². The Morgan fingerprint density at radius 2 is 2.05 bits per heavy atom. The average molecular weight is 324 g/mol. The number of aryl methyl sites for hydroxylation is 2. The minimum Gasteiger partial charge on any atom is -0.487 e. The van der Waals surface area contributed by atoms with Gasteiger partial charge < -0.3 is 10.1 Å². The molecule has 0 radical (unpaired) electrons. The summed E-state index contributed by atoms with van der Waals surface area (Å²) >= 11 is 7.99. The summed E-state index contributed by atoms with van der Waals surface area (Å²) in [7, 11) is 0. The monoisotopic (exact) mass is 323 g/mol. The molecular weight excluding hydrogens is 302 g/mol. The maximum atomic E-state index is 6.16. The van der Waals surface area contributed by atoms with E-state index in [1.807, 2.05) is 36.5 Å². The highest BCUT2D eigenvalue weighted by atomic mass is 35.5. The van der Waals surface area contributed by atoms with Crippen molar-refractivity contribution in [3.63, 3.8) is 0 Å². The molecule has 1 aromatic heterocycles. The molecule has 0 bridgehead atoms. The Labute approximate surface area is 136 Å². The fraction of sp³-hybridized carbons (Fsp3) is 0.412. The molecule has 21 heavy (non-hydrogen) atoms. The van der Waals surface area contributed by atoms with Crippen LogP contribution in [0, 0.1) is 13.8 Å². The van der Waals surface area contributed by atoms with Crippen molar-refractivity contribution in [1.29, 1.82) is 0 Å². The Morgan fingerprint density at radius 3 is 2.81 bits per heavy atom. The predicted octanol–water partition coefficient (Wildman–Crippen LogP) is 5.10. The van der Waals surface area contributed by atoms with Gasteiger partial charge in [-0.1, -0.05) is 24.6 Å². The van der Waals surface area contributed by atoms with E-state index in [1.165, 1.54) is 15.3 Å². The van der Waals surface area contributed by atoms with Crippen LogP contribution in [0.3, 0.4) is 0 Å². The molecule has 0 fully saturated rings. The zero-order chi connectivity index (χ0) is 15.2. The Kier molecular flexibility index (Phi) is 6.09. The van der Waals surface area contributed by atoms with Gasteiger partial charge in [-0.15, -0.1) is 11.3 Å². The van der Waals surface area contributed by atoms with Crippen LogP contribution < -0.4 is 10.1 Å². The molecule has 0 saturated heterocycles. The van der Waals surface area contributed by atoms with Crippen molar-refractivity contribution >= 4 is 22.9 Å². The van der Waals surface area contributed by atoms with E-state index in [4.69, 9.17) is 16.3 Å². The molecule has 0 saturated carbocycles. The highest BCUT2D eigenvalue weighted by Crippen LogP contribution is 2.28. The number of nitrogens with one attached hydrogen (secondary N) is 1. The average Bonchev–Trinajstić information content (AvgIpc) is 2.80. The van der Waals surface area contributed by atoms with Crippen LogP contribution >= 0.6 is 22.9 Å². The van der Waals surface area contributed by atoms with Gasteiger partial charge in [0.25, 0.3) is 0 Å². The van der Waals surface area contributed by atoms with Gasteiger partial charge in [0.05, 0.1) is 5.02 Å². The SMILES string of the molecule is CCCNCc1cc(COc2cc(C)ccc2Cl)c(C)s1. The molecule has 0 aliphatic carbocycles. The lowest BCUT2D eigenvalue weighted by Gasteiger charge is -2.08. The summed E-state index contributed by atoms with van der Waals surface area (Å²) in [6.07, 6.45) is 1.16. The lowest BCUT2D eigenvalue weighted by atomic mass is 10.2. The molecule has 0 amide bonds. The molecule has 1 heterocycles. The molecule has 0 unspecified atom stereocenters. The van der Waals surface area contributed by atoms with Gasteiger partial charge in [-0.2, -0.15) is 0 Å². The van der Waals surface area contributed by atoms with Crippen molar-refractivity contribution in [2.24, 2.45) is 0 Å². The third-order valence-corrected chi connectivity index (χ3v) is 4.67. The van der Waals surface area contributed by atoms with E-state index in [1.54, 1.807) is 0 Å². The molecule has 0 spiro atoms. The Hall–Kier alpha value is -1.03. The van der Waals surface area contributed by atoms with E-state index >= 15 is 0 Å². The van der Waals surface area contributed by atoms with Crippen LogP contribution in [0.2, 0.25) is 5.02 Å². The number of benzene rings is 1. The van der Waals surface area contributed by atoms with Crippen LogP contribution in [-0.2, 0) is 13.2 Å². The smallest absolute Gasteiger partial charge is 0.138 e. The van der Waals surface area contributed by atoms with E-state index in [2.05, 4.69) is 25.2 Å². The third kappa shape index (κ3) is 4.73. The zero-order valence-electron chi connectivity index (χ0n) is 12.8. The van der Waals surface area contributed by atoms with Crippen molar-refractivity contribution in [3.05, 3.63) is 50.2 Å². The topological polar surface area (TPSA) is 21.3 Å². The van der Waals surface area contributed by atoms with Crippen LogP contribution in [0.15, 0.2) is 24.3 Å². The van der Waals surface area contributed by atoms with Crippen molar-refractivity contribution in [2.45, 2.75) is 40.3 Å². The van der Waals surface area contributed by atoms with Gasteiger partial charge >= 0.3 is 0 Å². The molecule has 0 aliphatic rings. The molecular formula is C17H22ClNOS. The van der Waals surface area contributed by atoms with E-state index in [9.17, 15) is 0 Å². The Bertz CT molecular complexity index is 594. The standard InChI is InChI=1S/C17H22ClNOS/c1-4-7-19-10-15-9-14(13(3)21-15)11-20-17-8-12(2)5-6-16(17)18/h5-6,8-9,19H,4,7,10-11H2,1-3H3. The van der Waals surface area contributed by atoms with Crippen LogP contribution in [0.5, 0.6) is 5.75 Å². The minimum absolute atomic E-state index is 0.569. The number of halogens is 1. The molecule has 2 rings (SSSR count). The number of hydrogen-bond donors (Lipinski definition) is 1.